The summed E-state index contributed by atoms with van der Waals surface area (Å²) >= 11 is 0. The summed E-state index contributed by atoms with van der Waals surface area (Å²) in [6.45, 7) is -0.879. The van der Waals surface area contributed by atoms with Crippen LogP contribution >= 0.6 is 0 Å². The fraction of sp³-hybridized carbons (Fsp3) is 0.0952. The fourth-order valence-corrected chi connectivity index (χ4v) is 3.04. The number of nitrogens with zero attached hydrogens (tertiary/aromatic N) is 5. The molecule has 0 saturated heterocycles. The van der Waals surface area contributed by atoms with Gasteiger partial charge in [-0.25, -0.2) is 27.9 Å². The lowest BCUT2D eigenvalue weighted by Gasteiger charge is -2.22. The summed E-state index contributed by atoms with van der Waals surface area (Å²) in [5, 5.41) is 15.9. The molecule has 0 aliphatic carbocycles. The van der Waals surface area contributed by atoms with Crippen LogP contribution in [0.2, 0.25) is 0 Å². The number of fused-ring (bicyclic) bond motifs is 1. The van der Waals surface area contributed by atoms with Gasteiger partial charge in [0.1, 0.15) is 24.4 Å². The van der Waals surface area contributed by atoms with E-state index in [9.17, 15) is 41.0 Å². The molecule has 0 radical (unpaired) electrons. The monoisotopic (exact) mass is 526 g/mol. The van der Waals surface area contributed by atoms with E-state index < -0.39 is 53.5 Å². The molecule has 0 atom stereocenters. The van der Waals surface area contributed by atoms with Gasteiger partial charge in [0.05, 0.1) is 17.4 Å². The second kappa shape index (κ2) is 9.63. The molecule has 16 heteroatoms. The molecule has 0 spiro atoms. The lowest BCUT2D eigenvalue weighted by Crippen LogP contribution is -2.41. The third-order valence-corrected chi connectivity index (χ3v) is 4.68. The van der Waals surface area contributed by atoms with Gasteiger partial charge in [-0.05, 0) is 18.2 Å². The summed E-state index contributed by atoms with van der Waals surface area (Å²) in [6, 6.07) is 4.30. The van der Waals surface area contributed by atoms with Crippen molar-refractivity contribution < 1.29 is 45.9 Å². The number of aromatic hydroxyl groups is 1. The molecule has 4 rings (SSSR count). The Labute approximate surface area is 201 Å². The Balaban J connectivity index is 1.58. The highest BCUT2D eigenvalue weighted by molar-refractivity contribution is 5.94. The van der Waals surface area contributed by atoms with Gasteiger partial charge in [-0.2, -0.15) is 18.3 Å². The maximum atomic E-state index is 14.2. The van der Waals surface area contributed by atoms with Gasteiger partial charge in [0, 0.05) is 17.6 Å². The standard InChI is InChI=1S/C21H12F6N6O4/c22-12-2-1-3-15(18(12)24)33(37-20(36)21(25,26)27)17(35)8-32-7-10(6-30-32)31-19-11-4-13(23)16(34)5-14(11)28-9-29-19/h1-7,9,34H,8H2,(H,28,29,31). The van der Waals surface area contributed by atoms with E-state index in [1.54, 1.807) is 0 Å². The Hall–Kier alpha value is -4.89. The third kappa shape index (κ3) is 5.36. The van der Waals surface area contributed by atoms with Crippen molar-refractivity contribution in [2.45, 2.75) is 12.7 Å². The molecule has 0 saturated carbocycles. The zero-order chi connectivity index (χ0) is 26.9. The molecule has 2 heterocycles. The van der Waals surface area contributed by atoms with Crippen molar-refractivity contribution in [2.24, 2.45) is 0 Å². The Kier molecular flexibility index (Phi) is 6.56. The molecular formula is C21H12F6N6O4. The van der Waals surface area contributed by atoms with Crippen molar-refractivity contribution in [1.82, 2.24) is 19.7 Å². The van der Waals surface area contributed by atoms with E-state index in [0.29, 0.717) is 6.07 Å². The highest BCUT2D eigenvalue weighted by atomic mass is 19.4. The number of hydroxylamine groups is 1. The van der Waals surface area contributed by atoms with E-state index in [1.165, 1.54) is 6.20 Å². The van der Waals surface area contributed by atoms with E-state index in [-0.39, 0.29) is 27.5 Å². The third-order valence-electron chi connectivity index (χ3n) is 4.68. The fourth-order valence-electron chi connectivity index (χ4n) is 3.04. The second-order valence-electron chi connectivity index (χ2n) is 7.23. The van der Waals surface area contributed by atoms with Crippen molar-refractivity contribution >= 4 is 40.0 Å². The molecule has 2 aromatic carbocycles. The largest absolute Gasteiger partial charge is 0.505 e. The van der Waals surface area contributed by atoms with Gasteiger partial charge in [0.25, 0.3) is 5.91 Å². The summed E-state index contributed by atoms with van der Waals surface area (Å²) in [6.07, 6.45) is -2.08. The van der Waals surface area contributed by atoms with Crippen LogP contribution in [0.4, 0.5) is 43.5 Å². The van der Waals surface area contributed by atoms with Gasteiger partial charge in [0.15, 0.2) is 23.2 Å². The maximum Gasteiger partial charge on any atom is 0.493 e. The number of phenols is 1. The Morgan fingerprint density at radius 1 is 1.11 bits per heavy atom. The number of benzene rings is 2. The number of carbonyl (C=O) groups is 2. The SMILES string of the molecule is O=C(Cn1cc(Nc2ncnc3cc(O)c(F)cc23)cn1)N(OC(=O)C(F)(F)F)c1cccc(F)c1F. The van der Waals surface area contributed by atoms with Crippen LogP contribution in [0.3, 0.4) is 0 Å². The molecule has 0 unspecified atom stereocenters. The van der Waals surface area contributed by atoms with Gasteiger partial charge < -0.3 is 15.3 Å². The molecule has 37 heavy (non-hydrogen) atoms. The number of rotatable bonds is 5. The topological polar surface area (TPSA) is 122 Å². The number of carbonyl (C=O) groups excluding carboxylic acids is 2. The molecule has 2 aromatic heterocycles. The van der Waals surface area contributed by atoms with Crippen LogP contribution in [-0.2, 0) is 21.0 Å². The predicted octanol–water partition coefficient (Wildman–Crippen LogP) is 3.75. The number of anilines is 3. The molecule has 10 nitrogen and oxygen atoms in total. The van der Waals surface area contributed by atoms with Crippen molar-refractivity contribution in [3.05, 3.63) is 66.5 Å². The average molecular weight is 526 g/mol. The molecule has 0 bridgehead atoms. The number of aromatic nitrogens is 4. The smallest absolute Gasteiger partial charge is 0.493 e. The number of alkyl halides is 3. The molecule has 2 N–H and O–H groups in total. The first-order valence-corrected chi connectivity index (χ1v) is 9.93. The van der Waals surface area contributed by atoms with E-state index in [2.05, 4.69) is 25.2 Å². The highest BCUT2D eigenvalue weighted by Gasteiger charge is 2.44. The lowest BCUT2D eigenvalue weighted by atomic mass is 10.2. The molecule has 192 valence electrons. The molecule has 4 aromatic rings. The van der Waals surface area contributed by atoms with Gasteiger partial charge in [0.2, 0.25) is 0 Å². The van der Waals surface area contributed by atoms with Gasteiger partial charge in [-0.15, -0.1) is 5.06 Å². The van der Waals surface area contributed by atoms with Crippen molar-refractivity contribution in [1.29, 1.82) is 0 Å². The Morgan fingerprint density at radius 3 is 2.59 bits per heavy atom. The zero-order valence-electron chi connectivity index (χ0n) is 18.0. The Bertz CT molecular complexity index is 1510. The second-order valence-corrected chi connectivity index (χ2v) is 7.23. The van der Waals surface area contributed by atoms with Crippen LogP contribution in [0.1, 0.15) is 0 Å². The summed E-state index contributed by atoms with van der Waals surface area (Å²) in [7, 11) is 0. The summed E-state index contributed by atoms with van der Waals surface area (Å²) < 4.78 is 80.6. The number of hydrogen-bond donors (Lipinski definition) is 2. The van der Waals surface area contributed by atoms with Crippen LogP contribution in [0, 0.1) is 17.5 Å². The molecule has 0 aliphatic rings. The van der Waals surface area contributed by atoms with Crippen LogP contribution in [-0.4, -0.2) is 42.9 Å². The number of hydrogen-bond acceptors (Lipinski definition) is 8. The van der Waals surface area contributed by atoms with Gasteiger partial charge in [-0.3, -0.25) is 9.48 Å². The molecular weight excluding hydrogens is 514 g/mol. The minimum atomic E-state index is -5.54. The van der Waals surface area contributed by atoms with Gasteiger partial charge in [-0.1, -0.05) is 6.07 Å². The zero-order valence-corrected chi connectivity index (χ0v) is 18.0. The number of nitrogens with one attached hydrogen (secondary N) is 1. The van der Waals surface area contributed by atoms with Crippen molar-refractivity contribution in [3.8, 4) is 5.75 Å². The number of phenolic OH excluding ortho intramolecular Hbond substituents is 1. The lowest BCUT2D eigenvalue weighted by molar-refractivity contribution is -0.201. The van der Waals surface area contributed by atoms with Crippen molar-refractivity contribution in [3.63, 3.8) is 0 Å². The van der Waals surface area contributed by atoms with Crippen molar-refractivity contribution in [2.75, 3.05) is 10.4 Å². The minimum absolute atomic E-state index is 0.0809. The molecule has 0 fully saturated rings. The first-order chi connectivity index (χ1) is 17.4. The first kappa shape index (κ1) is 25.2. The van der Waals surface area contributed by atoms with Crippen LogP contribution in [0.25, 0.3) is 10.9 Å². The van der Waals surface area contributed by atoms with Crippen LogP contribution < -0.4 is 10.4 Å². The normalized spacial score (nSPS) is 11.4. The number of halogens is 6. The summed E-state index contributed by atoms with van der Waals surface area (Å²) in [5.74, 6) is -8.99. The first-order valence-electron chi connectivity index (χ1n) is 9.93. The van der Waals surface area contributed by atoms with E-state index in [0.717, 1.165) is 41.5 Å². The van der Waals surface area contributed by atoms with Crippen LogP contribution in [0.5, 0.6) is 5.75 Å². The molecule has 0 aliphatic heterocycles. The van der Waals surface area contributed by atoms with Gasteiger partial charge >= 0.3 is 12.1 Å². The van der Waals surface area contributed by atoms with E-state index in [4.69, 9.17) is 0 Å². The maximum absolute atomic E-state index is 14.2. The number of amides is 1. The van der Waals surface area contributed by atoms with Crippen LogP contribution in [0.15, 0.2) is 49.1 Å². The minimum Gasteiger partial charge on any atom is -0.505 e. The van der Waals surface area contributed by atoms with E-state index >= 15 is 0 Å². The highest BCUT2D eigenvalue weighted by Crippen LogP contribution is 2.28. The summed E-state index contributed by atoms with van der Waals surface area (Å²) in [5.41, 5.74) is -0.721. The average Bonchev–Trinajstić information content (AvgIpc) is 3.26. The summed E-state index contributed by atoms with van der Waals surface area (Å²) in [4.78, 5) is 35.9. The Morgan fingerprint density at radius 2 is 1.86 bits per heavy atom. The molecule has 1 amide bonds. The predicted molar refractivity (Wildman–Crippen MR) is 113 cm³/mol. The quantitative estimate of drug-likeness (QED) is 0.298. The van der Waals surface area contributed by atoms with E-state index in [1.807, 2.05) is 0 Å².